The van der Waals surface area contributed by atoms with Gasteiger partial charge in [-0.1, -0.05) is 29.8 Å². The second kappa shape index (κ2) is 4.39. The molecule has 0 N–H and O–H groups in total. The topological polar surface area (TPSA) is 43.4 Å². The molecule has 0 heterocycles. The summed E-state index contributed by atoms with van der Waals surface area (Å²) in [4.78, 5) is 0. The van der Waals surface area contributed by atoms with E-state index < -0.39 is 11.0 Å². The van der Waals surface area contributed by atoms with Crippen molar-refractivity contribution in [2.45, 2.75) is 13.8 Å². The van der Waals surface area contributed by atoms with E-state index in [2.05, 4.69) is 4.18 Å². The highest BCUT2D eigenvalue weighted by Crippen LogP contribution is 2.15. The van der Waals surface area contributed by atoms with E-state index in [0.29, 0.717) is 6.10 Å². The van der Waals surface area contributed by atoms with Crippen LogP contribution in [0.15, 0.2) is 24.3 Å². The Hall–Kier alpha value is -0.870. The molecular weight excluding hydrogens is 188 g/mol. The van der Waals surface area contributed by atoms with Crippen molar-refractivity contribution in [3.8, 4) is 0 Å². The fraction of sp³-hybridized carbons (Fsp3) is 0.222. The first-order chi connectivity index (χ1) is 6.09. The molecule has 71 valence electrons. The quantitative estimate of drug-likeness (QED) is 0.749. The Morgan fingerprint density at radius 3 is 2.23 bits per heavy atom. The molecule has 0 saturated heterocycles. The maximum Gasteiger partial charge on any atom is 0.258 e. The van der Waals surface area contributed by atoms with Gasteiger partial charge in [-0.3, -0.25) is 4.18 Å². The lowest BCUT2D eigenvalue weighted by molar-refractivity contribution is 0.372. The SMILES string of the molecule is C[C](O[SH](=O)=O)c1ccc(C)cc1. The molecule has 3 nitrogen and oxygen atoms in total. The molecule has 0 unspecified atom stereocenters. The van der Waals surface area contributed by atoms with Crippen LogP contribution in [-0.4, -0.2) is 8.42 Å². The average Bonchev–Trinajstić information content (AvgIpc) is 2.04. The Balaban J connectivity index is 2.77. The molecule has 0 atom stereocenters. The zero-order valence-electron chi connectivity index (χ0n) is 7.48. The molecule has 0 aromatic heterocycles. The fourth-order valence-corrected chi connectivity index (χ4v) is 1.28. The Kier molecular flexibility index (Phi) is 3.45. The van der Waals surface area contributed by atoms with Crippen molar-refractivity contribution < 1.29 is 12.6 Å². The van der Waals surface area contributed by atoms with Crippen LogP contribution in [0.4, 0.5) is 0 Å². The van der Waals surface area contributed by atoms with Gasteiger partial charge in [0.2, 0.25) is 0 Å². The monoisotopic (exact) mass is 199 g/mol. The van der Waals surface area contributed by atoms with Gasteiger partial charge in [0, 0.05) is 0 Å². The third kappa shape index (κ3) is 3.16. The normalized spacial score (nSPS) is 11.1. The summed E-state index contributed by atoms with van der Waals surface area (Å²) in [5, 5.41) is 0. The summed E-state index contributed by atoms with van der Waals surface area (Å²) in [6.07, 6.45) is 0.399. The minimum Gasteiger partial charge on any atom is -0.257 e. The maximum atomic E-state index is 10.2. The first-order valence-corrected chi connectivity index (χ1v) is 4.92. The summed E-state index contributed by atoms with van der Waals surface area (Å²) in [6, 6.07) is 7.45. The molecule has 0 aliphatic heterocycles. The zero-order valence-corrected chi connectivity index (χ0v) is 8.38. The summed E-state index contributed by atoms with van der Waals surface area (Å²) < 4.78 is 25.0. The molecule has 0 fully saturated rings. The Morgan fingerprint density at radius 2 is 1.77 bits per heavy atom. The second-order valence-electron chi connectivity index (χ2n) is 2.74. The van der Waals surface area contributed by atoms with Crippen molar-refractivity contribution in [3.05, 3.63) is 41.5 Å². The molecule has 0 aliphatic rings. The first kappa shape index (κ1) is 10.2. The van der Waals surface area contributed by atoms with Gasteiger partial charge >= 0.3 is 0 Å². The summed E-state index contributed by atoms with van der Waals surface area (Å²) in [5.41, 5.74) is 1.91. The number of benzene rings is 1. The molecule has 0 spiro atoms. The van der Waals surface area contributed by atoms with Gasteiger partial charge in [-0.25, -0.2) is 8.42 Å². The number of hydrogen-bond donors (Lipinski definition) is 1. The van der Waals surface area contributed by atoms with Crippen LogP contribution < -0.4 is 0 Å². The van der Waals surface area contributed by atoms with Crippen LogP contribution in [0.5, 0.6) is 0 Å². The maximum absolute atomic E-state index is 10.2. The lowest BCUT2D eigenvalue weighted by Crippen LogP contribution is -1.99. The Morgan fingerprint density at radius 1 is 1.23 bits per heavy atom. The summed E-state index contributed by atoms with van der Waals surface area (Å²) >= 11 is 0. The minimum atomic E-state index is -2.81. The van der Waals surface area contributed by atoms with Gasteiger partial charge in [-0.15, -0.1) is 0 Å². The Bertz CT molecular complexity index is 332. The molecule has 13 heavy (non-hydrogen) atoms. The molecular formula is C9H11O3S. The van der Waals surface area contributed by atoms with Crippen LogP contribution >= 0.6 is 0 Å². The molecule has 0 amide bonds. The predicted molar refractivity (Wildman–Crippen MR) is 50.6 cm³/mol. The van der Waals surface area contributed by atoms with E-state index >= 15 is 0 Å². The van der Waals surface area contributed by atoms with Gasteiger partial charge in [0.15, 0.2) is 0 Å². The van der Waals surface area contributed by atoms with E-state index in [1.165, 1.54) is 0 Å². The highest BCUT2D eigenvalue weighted by Gasteiger charge is 2.07. The van der Waals surface area contributed by atoms with Crippen LogP contribution in [0.1, 0.15) is 18.1 Å². The highest BCUT2D eigenvalue weighted by molar-refractivity contribution is 7.67. The highest BCUT2D eigenvalue weighted by atomic mass is 32.2. The van der Waals surface area contributed by atoms with Gasteiger partial charge < -0.3 is 0 Å². The number of aryl methyl sites for hydroxylation is 1. The van der Waals surface area contributed by atoms with Crippen LogP contribution in [0.2, 0.25) is 0 Å². The lowest BCUT2D eigenvalue weighted by atomic mass is 10.1. The molecule has 0 aliphatic carbocycles. The lowest BCUT2D eigenvalue weighted by Gasteiger charge is -2.06. The summed E-state index contributed by atoms with van der Waals surface area (Å²) in [5.74, 6) is 0. The standard InChI is InChI=1S/C9H11O3S/c1-7-3-5-9(6-4-7)8(2)12-13(10)11/h3-6,13H,1-2H3. The van der Waals surface area contributed by atoms with Gasteiger partial charge in [0.25, 0.3) is 11.0 Å². The first-order valence-electron chi connectivity index (χ1n) is 3.82. The summed E-state index contributed by atoms with van der Waals surface area (Å²) in [6.45, 7) is 3.59. The van der Waals surface area contributed by atoms with E-state index in [-0.39, 0.29) is 0 Å². The Labute approximate surface area is 79.5 Å². The molecule has 1 aromatic carbocycles. The number of rotatable bonds is 3. The van der Waals surface area contributed by atoms with Crippen molar-refractivity contribution in [2.75, 3.05) is 0 Å². The van der Waals surface area contributed by atoms with E-state index in [0.717, 1.165) is 11.1 Å². The number of hydrogen-bond acceptors (Lipinski definition) is 3. The predicted octanol–water partition coefficient (Wildman–Crippen LogP) is 1.44. The molecule has 1 aromatic rings. The molecule has 4 heteroatoms. The zero-order chi connectivity index (χ0) is 9.84. The van der Waals surface area contributed by atoms with Crippen molar-refractivity contribution in [1.29, 1.82) is 0 Å². The number of thiol groups is 1. The molecule has 1 radical (unpaired) electrons. The van der Waals surface area contributed by atoms with Crippen LogP contribution in [-0.2, 0) is 15.2 Å². The smallest absolute Gasteiger partial charge is 0.257 e. The third-order valence-corrected chi connectivity index (χ3v) is 2.09. The minimum absolute atomic E-state index is 0.399. The third-order valence-electron chi connectivity index (χ3n) is 1.67. The average molecular weight is 199 g/mol. The van der Waals surface area contributed by atoms with Gasteiger partial charge in [0.1, 0.15) is 6.10 Å². The van der Waals surface area contributed by atoms with Crippen LogP contribution in [0, 0.1) is 13.0 Å². The van der Waals surface area contributed by atoms with Crippen molar-refractivity contribution in [1.82, 2.24) is 0 Å². The van der Waals surface area contributed by atoms with E-state index in [1.807, 2.05) is 31.2 Å². The molecule has 1 rings (SSSR count). The van der Waals surface area contributed by atoms with Crippen LogP contribution in [0.3, 0.4) is 0 Å². The van der Waals surface area contributed by atoms with Crippen molar-refractivity contribution in [2.24, 2.45) is 0 Å². The van der Waals surface area contributed by atoms with E-state index in [9.17, 15) is 8.42 Å². The van der Waals surface area contributed by atoms with Gasteiger partial charge in [0.05, 0.1) is 0 Å². The summed E-state index contributed by atoms with van der Waals surface area (Å²) in [7, 11) is -2.81. The van der Waals surface area contributed by atoms with Crippen molar-refractivity contribution in [3.63, 3.8) is 0 Å². The van der Waals surface area contributed by atoms with E-state index in [4.69, 9.17) is 0 Å². The van der Waals surface area contributed by atoms with Crippen LogP contribution in [0.25, 0.3) is 0 Å². The molecule has 0 saturated carbocycles. The molecule has 0 bridgehead atoms. The van der Waals surface area contributed by atoms with E-state index in [1.54, 1.807) is 6.92 Å². The fourth-order valence-electron chi connectivity index (χ4n) is 0.953. The largest absolute Gasteiger partial charge is 0.258 e. The second-order valence-corrected chi connectivity index (χ2v) is 3.37. The van der Waals surface area contributed by atoms with Gasteiger partial charge in [-0.05, 0) is 19.4 Å². The van der Waals surface area contributed by atoms with Gasteiger partial charge in [-0.2, -0.15) is 0 Å². The van der Waals surface area contributed by atoms with Crippen molar-refractivity contribution >= 4 is 11.0 Å².